The highest BCUT2D eigenvalue weighted by Crippen LogP contribution is 2.10. The second-order valence-corrected chi connectivity index (χ2v) is 6.52. The van der Waals surface area contributed by atoms with Crippen LogP contribution in [0.1, 0.15) is 35.3 Å². The zero-order chi connectivity index (χ0) is 19.6. The summed E-state index contributed by atoms with van der Waals surface area (Å²) in [5.41, 5.74) is 2.93. The van der Waals surface area contributed by atoms with Gasteiger partial charge in [-0.25, -0.2) is 0 Å². The quantitative estimate of drug-likeness (QED) is 0.563. The smallest absolute Gasteiger partial charge is 0.253 e. The van der Waals surface area contributed by atoms with Gasteiger partial charge in [-0.1, -0.05) is 35.9 Å². The fourth-order valence-corrected chi connectivity index (χ4v) is 2.78. The van der Waals surface area contributed by atoms with Crippen LogP contribution < -0.4 is 10.6 Å². The Morgan fingerprint density at radius 1 is 0.926 bits per heavy atom. The van der Waals surface area contributed by atoms with Gasteiger partial charge in [-0.05, 0) is 49.2 Å². The second kappa shape index (κ2) is 10.6. The van der Waals surface area contributed by atoms with Crippen molar-refractivity contribution in [2.45, 2.75) is 26.9 Å². The molecule has 0 aromatic heterocycles. The predicted octanol–water partition coefficient (Wildman–Crippen LogP) is 3.69. The first-order valence-corrected chi connectivity index (χ1v) is 9.52. The Kier molecular flexibility index (Phi) is 8.14. The molecule has 0 atom stereocenters. The lowest BCUT2D eigenvalue weighted by molar-refractivity contribution is 0.0773. The van der Waals surface area contributed by atoms with Gasteiger partial charge < -0.3 is 15.5 Å². The second-order valence-electron chi connectivity index (χ2n) is 6.08. The lowest BCUT2D eigenvalue weighted by Crippen LogP contribution is -2.36. The highest BCUT2D eigenvalue weighted by atomic mass is 35.5. The topological polar surface area (TPSA) is 56.7 Å². The minimum absolute atomic E-state index is 0.0694. The normalized spacial score (nSPS) is 11.2. The Morgan fingerprint density at radius 3 is 1.85 bits per heavy atom. The molecule has 1 amide bonds. The van der Waals surface area contributed by atoms with E-state index >= 15 is 0 Å². The van der Waals surface area contributed by atoms with Crippen molar-refractivity contribution in [3.05, 3.63) is 70.2 Å². The Balaban J connectivity index is 1.87. The van der Waals surface area contributed by atoms with Crippen LogP contribution >= 0.6 is 11.6 Å². The van der Waals surface area contributed by atoms with Gasteiger partial charge in [0.2, 0.25) is 0 Å². The minimum Gasteiger partial charge on any atom is -0.352 e. The number of rotatable bonds is 7. The molecule has 2 N–H and O–H groups in total. The minimum atomic E-state index is 0.0694. The van der Waals surface area contributed by atoms with Gasteiger partial charge in [0, 0.05) is 43.8 Å². The molecule has 2 aromatic carbocycles. The van der Waals surface area contributed by atoms with Gasteiger partial charge in [0.15, 0.2) is 5.96 Å². The van der Waals surface area contributed by atoms with Crippen molar-refractivity contribution in [1.29, 1.82) is 0 Å². The molecule has 144 valence electrons. The van der Waals surface area contributed by atoms with Crippen molar-refractivity contribution in [2.24, 2.45) is 4.99 Å². The van der Waals surface area contributed by atoms with Gasteiger partial charge in [0.1, 0.15) is 0 Å². The van der Waals surface area contributed by atoms with E-state index in [9.17, 15) is 4.79 Å². The number of amides is 1. The highest BCUT2D eigenvalue weighted by molar-refractivity contribution is 6.30. The molecule has 0 fully saturated rings. The van der Waals surface area contributed by atoms with E-state index in [0.29, 0.717) is 37.7 Å². The van der Waals surface area contributed by atoms with Crippen LogP contribution in [0.5, 0.6) is 0 Å². The maximum atomic E-state index is 12.3. The van der Waals surface area contributed by atoms with Crippen LogP contribution in [-0.4, -0.2) is 36.9 Å². The first-order chi connectivity index (χ1) is 13.1. The highest BCUT2D eigenvalue weighted by Gasteiger charge is 2.11. The molecule has 0 aliphatic rings. The number of carbonyl (C=O) groups excluding carboxylic acids is 1. The number of benzene rings is 2. The maximum absolute atomic E-state index is 12.3. The third-order valence-electron chi connectivity index (χ3n) is 4.31. The van der Waals surface area contributed by atoms with Crippen molar-refractivity contribution in [2.75, 3.05) is 20.1 Å². The third-order valence-corrected chi connectivity index (χ3v) is 4.56. The first kappa shape index (κ1) is 20.8. The Morgan fingerprint density at radius 2 is 1.41 bits per heavy atom. The van der Waals surface area contributed by atoms with Gasteiger partial charge in [-0.15, -0.1) is 0 Å². The van der Waals surface area contributed by atoms with E-state index in [1.807, 2.05) is 67.3 Å². The summed E-state index contributed by atoms with van der Waals surface area (Å²) in [5, 5.41) is 7.27. The molecule has 2 rings (SSSR count). The summed E-state index contributed by atoms with van der Waals surface area (Å²) in [6.07, 6.45) is 0. The van der Waals surface area contributed by atoms with E-state index in [1.165, 1.54) is 0 Å². The summed E-state index contributed by atoms with van der Waals surface area (Å²) in [6, 6.07) is 15.4. The van der Waals surface area contributed by atoms with Crippen LogP contribution in [0.25, 0.3) is 0 Å². The molecule has 0 saturated carbocycles. The molecule has 27 heavy (non-hydrogen) atoms. The third kappa shape index (κ3) is 6.29. The van der Waals surface area contributed by atoms with Crippen LogP contribution in [0.15, 0.2) is 53.5 Å². The van der Waals surface area contributed by atoms with Crippen molar-refractivity contribution in [1.82, 2.24) is 15.5 Å². The SMILES string of the molecule is CCN(CC)C(=O)c1ccc(CNC(=NC)NCc2ccc(Cl)cc2)cc1. The molecule has 5 nitrogen and oxygen atoms in total. The standard InChI is InChI=1S/C21H27ClN4O/c1-4-26(5-2)20(27)18-10-6-16(7-11-18)14-24-21(23-3)25-15-17-8-12-19(22)13-9-17/h6-13H,4-5,14-15H2,1-3H3,(H2,23,24,25). The molecule has 0 heterocycles. The summed E-state index contributed by atoms with van der Waals surface area (Å²) >= 11 is 5.90. The van der Waals surface area contributed by atoms with E-state index in [0.717, 1.165) is 16.1 Å². The van der Waals surface area contributed by atoms with E-state index in [4.69, 9.17) is 11.6 Å². The van der Waals surface area contributed by atoms with Crippen LogP contribution in [0, 0.1) is 0 Å². The number of carbonyl (C=O) groups is 1. The van der Waals surface area contributed by atoms with Crippen LogP contribution in [-0.2, 0) is 13.1 Å². The predicted molar refractivity (Wildman–Crippen MR) is 112 cm³/mol. The molecular weight excluding hydrogens is 360 g/mol. The average molecular weight is 387 g/mol. The van der Waals surface area contributed by atoms with Crippen molar-refractivity contribution in [3.8, 4) is 0 Å². The van der Waals surface area contributed by atoms with Gasteiger partial charge in [-0.3, -0.25) is 9.79 Å². The maximum Gasteiger partial charge on any atom is 0.253 e. The summed E-state index contributed by atoms with van der Waals surface area (Å²) < 4.78 is 0. The largest absolute Gasteiger partial charge is 0.352 e. The van der Waals surface area contributed by atoms with Crippen molar-refractivity contribution >= 4 is 23.5 Å². The lowest BCUT2D eigenvalue weighted by atomic mass is 10.1. The molecule has 0 bridgehead atoms. The zero-order valence-electron chi connectivity index (χ0n) is 16.1. The Hall–Kier alpha value is -2.53. The molecule has 2 aromatic rings. The zero-order valence-corrected chi connectivity index (χ0v) is 16.9. The monoisotopic (exact) mass is 386 g/mol. The first-order valence-electron chi connectivity index (χ1n) is 9.14. The van der Waals surface area contributed by atoms with E-state index in [2.05, 4.69) is 15.6 Å². The van der Waals surface area contributed by atoms with Crippen molar-refractivity contribution in [3.63, 3.8) is 0 Å². The Bertz CT molecular complexity index is 753. The number of aliphatic imine (C=N–C) groups is 1. The van der Waals surface area contributed by atoms with Crippen molar-refractivity contribution < 1.29 is 4.79 Å². The fraction of sp³-hybridized carbons (Fsp3) is 0.333. The number of hydrogen-bond acceptors (Lipinski definition) is 2. The molecule has 6 heteroatoms. The van der Waals surface area contributed by atoms with Gasteiger partial charge >= 0.3 is 0 Å². The fourth-order valence-electron chi connectivity index (χ4n) is 2.65. The lowest BCUT2D eigenvalue weighted by Gasteiger charge is -2.18. The number of hydrogen-bond donors (Lipinski definition) is 2. The molecule has 0 spiro atoms. The van der Waals surface area contributed by atoms with Gasteiger partial charge in [0.25, 0.3) is 5.91 Å². The summed E-state index contributed by atoms with van der Waals surface area (Å²) in [4.78, 5) is 18.4. The average Bonchev–Trinajstić information content (AvgIpc) is 2.70. The summed E-state index contributed by atoms with van der Waals surface area (Å²) in [7, 11) is 1.74. The number of nitrogens with one attached hydrogen (secondary N) is 2. The van der Waals surface area contributed by atoms with Gasteiger partial charge in [-0.2, -0.15) is 0 Å². The molecule has 0 radical (unpaired) electrons. The molecule has 0 aliphatic heterocycles. The Labute approximate surface area is 166 Å². The van der Waals surface area contributed by atoms with E-state index in [-0.39, 0.29) is 5.91 Å². The van der Waals surface area contributed by atoms with E-state index in [1.54, 1.807) is 7.05 Å². The van der Waals surface area contributed by atoms with Gasteiger partial charge in [0.05, 0.1) is 0 Å². The molecule has 0 aliphatic carbocycles. The molecule has 0 unspecified atom stereocenters. The molecular formula is C21H27ClN4O. The van der Waals surface area contributed by atoms with Crippen LogP contribution in [0.4, 0.5) is 0 Å². The number of guanidine groups is 1. The number of halogens is 1. The summed E-state index contributed by atoms with van der Waals surface area (Å²) in [5.74, 6) is 0.785. The van der Waals surface area contributed by atoms with E-state index < -0.39 is 0 Å². The molecule has 0 saturated heterocycles. The number of nitrogens with zero attached hydrogens (tertiary/aromatic N) is 2. The summed E-state index contributed by atoms with van der Waals surface area (Å²) in [6.45, 7) is 6.70. The van der Waals surface area contributed by atoms with Crippen LogP contribution in [0.3, 0.4) is 0 Å². The van der Waals surface area contributed by atoms with Crippen LogP contribution in [0.2, 0.25) is 5.02 Å².